The summed E-state index contributed by atoms with van der Waals surface area (Å²) in [5.41, 5.74) is -7.73. The SMILES string of the molecule is CC.CCOCN(c1ccc(C(F)(F)F)cc1C(F)(F)F)c1nc(C(F)(F)F)c(Cl)c(=O)n1CC. The van der Waals surface area contributed by atoms with Gasteiger partial charge in [-0.15, -0.1) is 0 Å². The quantitative estimate of drug-likeness (QED) is 0.288. The zero-order valence-corrected chi connectivity index (χ0v) is 19.5. The molecular weight excluding hydrogens is 521 g/mol. The highest BCUT2D eigenvalue weighted by atomic mass is 35.5. The first-order chi connectivity index (χ1) is 16.0. The van der Waals surface area contributed by atoms with Gasteiger partial charge in [-0.3, -0.25) is 14.3 Å². The molecular formula is C20H21ClF9N3O2. The lowest BCUT2D eigenvalue weighted by Crippen LogP contribution is -2.35. The summed E-state index contributed by atoms with van der Waals surface area (Å²) < 4.78 is 126. The van der Waals surface area contributed by atoms with E-state index in [9.17, 15) is 44.3 Å². The van der Waals surface area contributed by atoms with E-state index in [1.165, 1.54) is 13.8 Å². The summed E-state index contributed by atoms with van der Waals surface area (Å²) in [6.07, 6.45) is -15.7. The number of hydrogen-bond donors (Lipinski definition) is 0. The highest BCUT2D eigenvalue weighted by Gasteiger charge is 2.42. The molecule has 0 unspecified atom stereocenters. The average molecular weight is 542 g/mol. The van der Waals surface area contributed by atoms with Gasteiger partial charge in [-0.25, -0.2) is 4.98 Å². The molecule has 1 heterocycles. The van der Waals surface area contributed by atoms with Crippen LogP contribution < -0.4 is 10.5 Å². The Kier molecular flexibility index (Phi) is 10.0. The fraction of sp³-hybridized carbons (Fsp3) is 0.500. The monoisotopic (exact) mass is 541 g/mol. The maximum atomic E-state index is 13.7. The van der Waals surface area contributed by atoms with Gasteiger partial charge in [-0.2, -0.15) is 39.5 Å². The van der Waals surface area contributed by atoms with Crippen molar-refractivity contribution in [3.8, 4) is 0 Å². The molecule has 198 valence electrons. The standard InChI is InChI=1S/C18H15ClF9N3O2.C2H6/c1-3-30-14(32)12(19)13(18(26,27)28)29-15(30)31(8-33-4-2)11-6-5-9(16(20,21)22)7-10(11)17(23,24)25;1-2/h5-7H,3-4,8H2,1-2H3;1-2H3. The molecule has 0 atom stereocenters. The molecule has 1 aromatic heterocycles. The van der Waals surface area contributed by atoms with Crippen molar-refractivity contribution in [1.29, 1.82) is 0 Å². The first-order valence-corrected chi connectivity index (χ1v) is 10.4. The number of anilines is 2. The Morgan fingerprint density at radius 3 is 1.97 bits per heavy atom. The molecule has 2 rings (SSSR count). The van der Waals surface area contributed by atoms with E-state index in [-0.39, 0.29) is 19.2 Å². The number of benzene rings is 1. The first-order valence-electron chi connectivity index (χ1n) is 10.0. The van der Waals surface area contributed by atoms with Gasteiger partial charge >= 0.3 is 18.5 Å². The van der Waals surface area contributed by atoms with Crippen LogP contribution >= 0.6 is 11.6 Å². The second-order valence-corrected chi connectivity index (χ2v) is 6.78. The van der Waals surface area contributed by atoms with E-state index in [2.05, 4.69) is 4.98 Å². The number of rotatable bonds is 6. The molecule has 0 radical (unpaired) electrons. The lowest BCUT2D eigenvalue weighted by Gasteiger charge is -2.29. The Morgan fingerprint density at radius 1 is 0.971 bits per heavy atom. The molecule has 5 nitrogen and oxygen atoms in total. The maximum Gasteiger partial charge on any atom is 0.435 e. The molecule has 1 aromatic carbocycles. The van der Waals surface area contributed by atoms with E-state index in [1.54, 1.807) is 0 Å². The van der Waals surface area contributed by atoms with E-state index < -0.39 is 64.3 Å². The molecule has 0 saturated carbocycles. The predicted molar refractivity (Wildman–Crippen MR) is 111 cm³/mol. The molecule has 0 bridgehead atoms. The number of halogens is 10. The van der Waals surface area contributed by atoms with Gasteiger partial charge in [0.1, 0.15) is 11.8 Å². The third-order valence-electron chi connectivity index (χ3n) is 4.26. The molecule has 0 aliphatic rings. The largest absolute Gasteiger partial charge is 0.435 e. The topological polar surface area (TPSA) is 47.4 Å². The molecule has 0 aliphatic carbocycles. The molecule has 0 N–H and O–H groups in total. The second kappa shape index (κ2) is 11.5. The van der Waals surface area contributed by atoms with E-state index >= 15 is 0 Å². The zero-order valence-electron chi connectivity index (χ0n) is 18.8. The Morgan fingerprint density at radius 2 is 1.54 bits per heavy atom. The molecule has 0 amide bonds. The maximum absolute atomic E-state index is 13.7. The number of aromatic nitrogens is 2. The minimum absolute atomic E-state index is 0.130. The van der Waals surface area contributed by atoms with Gasteiger partial charge in [0, 0.05) is 13.2 Å². The van der Waals surface area contributed by atoms with Crippen molar-refractivity contribution in [3.05, 3.63) is 50.4 Å². The Bertz CT molecular complexity index is 1060. The minimum atomic E-state index is -5.35. The second-order valence-electron chi connectivity index (χ2n) is 6.40. The summed E-state index contributed by atoms with van der Waals surface area (Å²) in [6.45, 7) is 5.33. The molecule has 0 saturated heterocycles. The summed E-state index contributed by atoms with van der Waals surface area (Å²) in [7, 11) is 0. The molecule has 0 fully saturated rings. The van der Waals surface area contributed by atoms with Crippen molar-refractivity contribution >= 4 is 23.2 Å². The minimum Gasteiger partial charge on any atom is -0.361 e. The van der Waals surface area contributed by atoms with Gasteiger partial charge < -0.3 is 4.74 Å². The van der Waals surface area contributed by atoms with Crippen LogP contribution in [0.1, 0.15) is 44.5 Å². The fourth-order valence-electron chi connectivity index (χ4n) is 2.79. The zero-order chi connectivity index (χ0) is 27.4. The van der Waals surface area contributed by atoms with Crippen molar-refractivity contribution in [3.63, 3.8) is 0 Å². The van der Waals surface area contributed by atoms with E-state index in [0.29, 0.717) is 21.6 Å². The van der Waals surface area contributed by atoms with E-state index in [1.807, 2.05) is 13.8 Å². The number of ether oxygens (including phenoxy) is 1. The lowest BCUT2D eigenvalue weighted by molar-refractivity contribution is -0.143. The van der Waals surface area contributed by atoms with Crippen LogP contribution in [-0.4, -0.2) is 22.9 Å². The van der Waals surface area contributed by atoms with Crippen LogP contribution in [0.2, 0.25) is 5.02 Å². The van der Waals surface area contributed by atoms with Gasteiger partial charge in [-0.05, 0) is 32.0 Å². The van der Waals surface area contributed by atoms with Crippen molar-refractivity contribution < 1.29 is 44.3 Å². The van der Waals surface area contributed by atoms with Gasteiger partial charge in [0.2, 0.25) is 5.95 Å². The Labute approximate surface area is 199 Å². The van der Waals surface area contributed by atoms with E-state index in [4.69, 9.17) is 16.3 Å². The average Bonchev–Trinajstić information content (AvgIpc) is 2.75. The highest BCUT2D eigenvalue weighted by molar-refractivity contribution is 6.31. The Balaban J connectivity index is 0.00000298. The van der Waals surface area contributed by atoms with Gasteiger partial charge in [0.15, 0.2) is 5.69 Å². The summed E-state index contributed by atoms with van der Waals surface area (Å²) in [5.74, 6) is -0.946. The molecule has 0 aliphatic heterocycles. The number of hydrogen-bond acceptors (Lipinski definition) is 4. The normalized spacial score (nSPS) is 12.3. The predicted octanol–water partition coefficient (Wildman–Crippen LogP) is 7.13. The molecule has 35 heavy (non-hydrogen) atoms. The lowest BCUT2D eigenvalue weighted by atomic mass is 10.1. The fourth-order valence-corrected chi connectivity index (χ4v) is 3.04. The summed E-state index contributed by atoms with van der Waals surface area (Å²) in [6, 6.07) is 0.542. The molecule has 15 heteroatoms. The molecule has 2 aromatic rings. The van der Waals surface area contributed by atoms with Crippen LogP contribution in [0.4, 0.5) is 51.1 Å². The first kappa shape index (κ1) is 30.6. The van der Waals surface area contributed by atoms with Crippen LogP contribution in [0.3, 0.4) is 0 Å². The van der Waals surface area contributed by atoms with E-state index in [0.717, 1.165) is 0 Å². The van der Waals surface area contributed by atoms with Crippen molar-refractivity contribution in [2.45, 2.75) is 52.8 Å². The smallest absolute Gasteiger partial charge is 0.361 e. The van der Waals surface area contributed by atoms with Crippen LogP contribution in [0.25, 0.3) is 0 Å². The van der Waals surface area contributed by atoms with Gasteiger partial charge in [0.25, 0.3) is 5.56 Å². The Hall–Kier alpha value is -2.48. The van der Waals surface area contributed by atoms with Crippen LogP contribution in [0.5, 0.6) is 0 Å². The summed E-state index contributed by atoms with van der Waals surface area (Å²) in [4.78, 5) is 16.1. The summed E-state index contributed by atoms with van der Waals surface area (Å²) >= 11 is 5.49. The van der Waals surface area contributed by atoms with Crippen molar-refractivity contribution in [2.24, 2.45) is 0 Å². The summed E-state index contributed by atoms with van der Waals surface area (Å²) in [5, 5.41) is -1.31. The third-order valence-corrected chi connectivity index (χ3v) is 4.61. The number of nitrogens with zero attached hydrogens (tertiary/aromatic N) is 3. The van der Waals surface area contributed by atoms with Gasteiger partial charge in [-0.1, -0.05) is 25.4 Å². The van der Waals surface area contributed by atoms with Crippen molar-refractivity contribution in [2.75, 3.05) is 18.2 Å². The van der Waals surface area contributed by atoms with Gasteiger partial charge in [0.05, 0.1) is 16.8 Å². The molecule has 0 spiro atoms. The van der Waals surface area contributed by atoms with Crippen LogP contribution in [0, 0.1) is 0 Å². The highest BCUT2D eigenvalue weighted by Crippen LogP contribution is 2.43. The van der Waals surface area contributed by atoms with Crippen LogP contribution in [-0.2, 0) is 29.8 Å². The van der Waals surface area contributed by atoms with Crippen LogP contribution in [0.15, 0.2) is 23.0 Å². The van der Waals surface area contributed by atoms with Crippen molar-refractivity contribution in [1.82, 2.24) is 9.55 Å². The number of alkyl halides is 9. The third kappa shape index (κ3) is 7.03.